The molecule has 0 saturated heterocycles. The van der Waals surface area contributed by atoms with Crippen LogP contribution in [0, 0.1) is 5.82 Å². The number of carbonyl (C=O) groups is 1. The van der Waals surface area contributed by atoms with Gasteiger partial charge in [0.05, 0.1) is 17.9 Å². The molecule has 0 radical (unpaired) electrons. The summed E-state index contributed by atoms with van der Waals surface area (Å²) in [5.41, 5.74) is 3.28. The number of aromatic amines is 1. The molecule has 35 heavy (non-hydrogen) atoms. The summed E-state index contributed by atoms with van der Waals surface area (Å²) in [4.78, 5) is 32.2. The van der Waals surface area contributed by atoms with Crippen LogP contribution in [0.5, 0.6) is 5.75 Å². The van der Waals surface area contributed by atoms with Gasteiger partial charge in [-0.05, 0) is 42.7 Å². The van der Waals surface area contributed by atoms with Crippen molar-refractivity contribution in [3.05, 3.63) is 75.0 Å². The molecule has 0 bridgehead atoms. The number of aliphatic hydroxyl groups is 1. The second-order valence-electron chi connectivity index (χ2n) is 8.26. The number of H-pyrrole nitrogens is 1. The summed E-state index contributed by atoms with van der Waals surface area (Å²) in [6.07, 6.45) is 1.81. The van der Waals surface area contributed by atoms with Crippen molar-refractivity contribution in [2.75, 3.05) is 13.2 Å². The van der Waals surface area contributed by atoms with Crippen molar-refractivity contribution in [2.45, 2.75) is 33.1 Å². The molecule has 0 unspecified atom stereocenters. The van der Waals surface area contributed by atoms with Gasteiger partial charge >= 0.3 is 0 Å². The van der Waals surface area contributed by atoms with E-state index < -0.39 is 18.2 Å². The van der Waals surface area contributed by atoms with Crippen molar-refractivity contribution in [1.29, 1.82) is 0 Å². The van der Waals surface area contributed by atoms with E-state index in [1.165, 1.54) is 12.1 Å². The second kappa shape index (κ2) is 10.2. The van der Waals surface area contributed by atoms with Gasteiger partial charge in [-0.2, -0.15) is 5.10 Å². The molecule has 2 aromatic carbocycles. The van der Waals surface area contributed by atoms with Crippen LogP contribution in [0.4, 0.5) is 4.39 Å². The lowest BCUT2D eigenvalue weighted by molar-refractivity contribution is 0.0903. The number of aryl methyl sites for hydroxylation is 2. The monoisotopic (exact) mass is 478 g/mol. The fraction of sp³-hybridized carbons (Fsp3) is 0.308. The minimum Gasteiger partial charge on any atom is -0.493 e. The normalized spacial score (nSPS) is 11.2. The summed E-state index contributed by atoms with van der Waals surface area (Å²) in [5, 5.41) is 13.5. The zero-order valence-corrected chi connectivity index (χ0v) is 19.9. The SMILES string of the molecule is CCCc1nn(C)c2c(=O)[nH]c(-c3cc(Cc4ccc(C(=O)CO)cc4F)ccc3OCC)nc12. The number of carbonyl (C=O) groups excluding carboxylic acids is 1. The van der Waals surface area contributed by atoms with Gasteiger partial charge in [0.1, 0.15) is 29.5 Å². The number of aromatic nitrogens is 4. The van der Waals surface area contributed by atoms with Crippen molar-refractivity contribution in [3.63, 3.8) is 0 Å². The van der Waals surface area contributed by atoms with E-state index in [2.05, 4.69) is 10.1 Å². The van der Waals surface area contributed by atoms with Gasteiger partial charge in [-0.3, -0.25) is 14.3 Å². The number of fused-ring (bicyclic) bond motifs is 1. The molecule has 0 aliphatic heterocycles. The lowest BCUT2D eigenvalue weighted by atomic mass is 9.99. The van der Waals surface area contributed by atoms with Gasteiger partial charge in [0.2, 0.25) is 0 Å². The molecule has 0 saturated carbocycles. The molecule has 0 spiro atoms. The summed E-state index contributed by atoms with van der Waals surface area (Å²) in [6, 6.07) is 9.58. The molecule has 4 rings (SSSR count). The Bertz CT molecular complexity index is 1460. The molecule has 2 N–H and O–H groups in total. The fourth-order valence-corrected chi connectivity index (χ4v) is 4.11. The van der Waals surface area contributed by atoms with Crippen molar-refractivity contribution < 1.29 is 19.0 Å². The van der Waals surface area contributed by atoms with Crippen LogP contribution < -0.4 is 10.3 Å². The Balaban J connectivity index is 1.78. The number of hydrogen-bond acceptors (Lipinski definition) is 6. The minimum atomic E-state index is -0.673. The number of benzene rings is 2. The van der Waals surface area contributed by atoms with E-state index in [0.717, 1.165) is 23.7 Å². The summed E-state index contributed by atoms with van der Waals surface area (Å²) >= 11 is 0. The first kappa shape index (κ1) is 24.3. The Kier molecular flexibility index (Phi) is 7.07. The number of nitrogens with zero attached hydrogens (tertiary/aromatic N) is 3. The van der Waals surface area contributed by atoms with Crippen LogP contribution in [0.15, 0.2) is 41.2 Å². The Morgan fingerprint density at radius 1 is 1.20 bits per heavy atom. The van der Waals surface area contributed by atoms with E-state index in [1.807, 2.05) is 26.0 Å². The van der Waals surface area contributed by atoms with Crippen LogP contribution in [-0.4, -0.2) is 43.9 Å². The first-order chi connectivity index (χ1) is 16.9. The summed E-state index contributed by atoms with van der Waals surface area (Å²) in [5.74, 6) is -0.180. The van der Waals surface area contributed by atoms with Gasteiger partial charge in [0, 0.05) is 19.0 Å². The Morgan fingerprint density at radius 2 is 2.00 bits per heavy atom. The van der Waals surface area contributed by atoms with Crippen LogP contribution in [0.25, 0.3) is 22.4 Å². The van der Waals surface area contributed by atoms with E-state index in [-0.39, 0.29) is 17.5 Å². The third kappa shape index (κ3) is 4.85. The molecule has 0 fully saturated rings. The van der Waals surface area contributed by atoms with Crippen molar-refractivity contribution in [1.82, 2.24) is 19.7 Å². The van der Waals surface area contributed by atoms with E-state index in [0.29, 0.717) is 46.8 Å². The molecule has 0 aliphatic rings. The maximum Gasteiger partial charge on any atom is 0.277 e. The van der Waals surface area contributed by atoms with Crippen LogP contribution in [0.3, 0.4) is 0 Å². The van der Waals surface area contributed by atoms with Gasteiger partial charge in [-0.15, -0.1) is 0 Å². The lowest BCUT2D eigenvalue weighted by Gasteiger charge is -2.13. The van der Waals surface area contributed by atoms with Crippen LogP contribution >= 0.6 is 0 Å². The average Bonchev–Trinajstić information content (AvgIpc) is 3.16. The third-order valence-corrected chi connectivity index (χ3v) is 5.76. The zero-order valence-electron chi connectivity index (χ0n) is 19.9. The van der Waals surface area contributed by atoms with E-state index >= 15 is 0 Å². The lowest BCUT2D eigenvalue weighted by Crippen LogP contribution is -2.13. The van der Waals surface area contributed by atoms with Crippen molar-refractivity contribution in [2.24, 2.45) is 7.05 Å². The Morgan fingerprint density at radius 3 is 2.69 bits per heavy atom. The number of ketones is 1. The predicted octanol–water partition coefficient (Wildman–Crippen LogP) is 3.58. The van der Waals surface area contributed by atoms with Crippen LogP contribution in [-0.2, 0) is 19.9 Å². The minimum absolute atomic E-state index is 0.121. The number of Topliss-reactive ketones (excluding diaryl/α,β-unsaturated/α-hetero) is 1. The topological polar surface area (TPSA) is 110 Å². The summed E-state index contributed by atoms with van der Waals surface area (Å²) in [7, 11) is 1.72. The van der Waals surface area contributed by atoms with E-state index in [4.69, 9.17) is 14.8 Å². The van der Waals surface area contributed by atoms with Gasteiger partial charge in [0.25, 0.3) is 5.56 Å². The fourth-order valence-electron chi connectivity index (χ4n) is 4.11. The van der Waals surface area contributed by atoms with Crippen molar-refractivity contribution >= 4 is 16.8 Å². The Hall–Kier alpha value is -3.85. The molecule has 0 amide bonds. The first-order valence-corrected chi connectivity index (χ1v) is 11.5. The highest BCUT2D eigenvalue weighted by molar-refractivity contribution is 5.96. The predicted molar refractivity (Wildman–Crippen MR) is 130 cm³/mol. The second-order valence-corrected chi connectivity index (χ2v) is 8.26. The molecule has 0 aliphatic carbocycles. The molecule has 4 aromatic rings. The molecule has 182 valence electrons. The first-order valence-electron chi connectivity index (χ1n) is 11.5. The van der Waals surface area contributed by atoms with Gasteiger partial charge in [-0.25, -0.2) is 9.37 Å². The van der Waals surface area contributed by atoms with Gasteiger partial charge < -0.3 is 14.8 Å². The standard InChI is InChI=1S/C26H27FN4O4/c1-4-6-20-23-24(31(3)30-20)26(34)29-25(28-23)18-12-15(7-10-22(18)35-5-2)11-16-8-9-17(13-19(16)27)21(33)14-32/h7-10,12-13,32H,4-6,11,14H2,1-3H3,(H,28,29,34). The van der Waals surface area contributed by atoms with E-state index in [9.17, 15) is 14.0 Å². The highest BCUT2D eigenvalue weighted by atomic mass is 19.1. The molecule has 8 nitrogen and oxygen atoms in total. The molecule has 2 heterocycles. The molecular weight excluding hydrogens is 451 g/mol. The number of hydrogen-bond donors (Lipinski definition) is 2. The maximum atomic E-state index is 14.7. The molecular formula is C26H27FN4O4. The molecule has 9 heteroatoms. The summed E-state index contributed by atoms with van der Waals surface area (Å²) < 4.78 is 22.0. The highest BCUT2D eigenvalue weighted by Gasteiger charge is 2.18. The molecule has 2 aromatic heterocycles. The number of aliphatic hydroxyl groups excluding tert-OH is 1. The zero-order chi connectivity index (χ0) is 25.1. The van der Waals surface area contributed by atoms with Gasteiger partial charge in [-0.1, -0.05) is 31.5 Å². The van der Waals surface area contributed by atoms with Gasteiger partial charge in [0.15, 0.2) is 11.3 Å². The third-order valence-electron chi connectivity index (χ3n) is 5.76. The van der Waals surface area contributed by atoms with Crippen LogP contribution in [0.1, 0.15) is 47.4 Å². The number of nitrogens with one attached hydrogen (secondary N) is 1. The smallest absolute Gasteiger partial charge is 0.277 e. The Labute approximate surface area is 201 Å². The quantitative estimate of drug-likeness (QED) is 0.356. The number of halogens is 1. The summed E-state index contributed by atoms with van der Waals surface area (Å²) in [6.45, 7) is 3.65. The maximum absolute atomic E-state index is 14.7. The largest absolute Gasteiger partial charge is 0.493 e. The van der Waals surface area contributed by atoms with E-state index in [1.54, 1.807) is 17.8 Å². The van der Waals surface area contributed by atoms with Crippen LogP contribution in [0.2, 0.25) is 0 Å². The number of ether oxygens (including phenoxy) is 1. The van der Waals surface area contributed by atoms with Crippen molar-refractivity contribution in [3.8, 4) is 17.1 Å². The molecule has 0 atom stereocenters. The average molecular weight is 479 g/mol. The number of rotatable bonds is 9. The highest BCUT2D eigenvalue weighted by Crippen LogP contribution is 2.31.